The van der Waals surface area contributed by atoms with Crippen molar-refractivity contribution in [3.63, 3.8) is 0 Å². The molecule has 1 unspecified atom stereocenters. The Morgan fingerprint density at radius 3 is 2.26 bits per heavy atom. The van der Waals surface area contributed by atoms with Gasteiger partial charge in [-0.3, -0.25) is 14.7 Å². The number of nitrogens with one attached hydrogen (secondary N) is 2. The number of hydrogen-bond donors (Lipinski definition) is 2. The monoisotopic (exact) mass is 471 g/mol. The molecule has 2 amide bonds. The van der Waals surface area contributed by atoms with Gasteiger partial charge in [0.2, 0.25) is 11.8 Å². The van der Waals surface area contributed by atoms with E-state index < -0.39 is 0 Å². The number of likely N-dealkylation sites (tertiary alicyclic amines) is 1. The van der Waals surface area contributed by atoms with Crippen LogP contribution in [0.2, 0.25) is 0 Å². The lowest BCUT2D eigenvalue weighted by Gasteiger charge is -2.32. The predicted octanol–water partition coefficient (Wildman–Crippen LogP) is 3.62. The van der Waals surface area contributed by atoms with E-state index in [2.05, 4.69) is 69.0 Å². The van der Waals surface area contributed by atoms with Gasteiger partial charge in [-0.1, -0.05) is 60.7 Å². The molecule has 1 saturated heterocycles. The van der Waals surface area contributed by atoms with Crippen molar-refractivity contribution in [1.82, 2.24) is 25.4 Å². The Kier molecular flexibility index (Phi) is 6.66. The van der Waals surface area contributed by atoms with Gasteiger partial charge in [0.15, 0.2) is 5.82 Å². The van der Waals surface area contributed by atoms with Crippen LogP contribution in [-0.4, -0.2) is 51.5 Å². The van der Waals surface area contributed by atoms with Crippen molar-refractivity contribution in [2.75, 3.05) is 19.6 Å². The molecule has 1 aliphatic heterocycles. The van der Waals surface area contributed by atoms with E-state index >= 15 is 0 Å². The van der Waals surface area contributed by atoms with E-state index in [1.54, 1.807) is 0 Å². The van der Waals surface area contributed by atoms with Crippen LogP contribution in [0.4, 0.5) is 0 Å². The van der Waals surface area contributed by atoms with Crippen LogP contribution in [0.1, 0.15) is 54.4 Å². The van der Waals surface area contributed by atoms with Crippen molar-refractivity contribution in [3.05, 3.63) is 83.4 Å². The molecular weight excluding hydrogens is 438 g/mol. The van der Waals surface area contributed by atoms with E-state index in [4.69, 9.17) is 0 Å². The second-order valence-electron chi connectivity index (χ2n) is 9.97. The second-order valence-corrected chi connectivity index (χ2v) is 9.97. The standard InChI is InChI=1S/C28H33N5O2/c1-20-30-25(32-31-20)18-26(34)33-16-13-28(14-17-33)19-24(28)27(35)29-15-12-23(21-8-4-2-5-9-21)22-10-6-3-7-11-22/h2-11,23-24H,12-19H2,1H3,(H,29,35)(H,30,31,32). The van der Waals surface area contributed by atoms with Gasteiger partial charge in [0.05, 0.1) is 6.42 Å². The Morgan fingerprint density at radius 2 is 1.69 bits per heavy atom. The maximum atomic E-state index is 13.0. The van der Waals surface area contributed by atoms with Crippen LogP contribution >= 0.6 is 0 Å². The van der Waals surface area contributed by atoms with Gasteiger partial charge < -0.3 is 10.2 Å². The quantitative estimate of drug-likeness (QED) is 0.525. The fourth-order valence-electron chi connectivity index (χ4n) is 5.55. The smallest absolute Gasteiger partial charge is 0.230 e. The van der Waals surface area contributed by atoms with Crippen molar-refractivity contribution >= 4 is 11.8 Å². The van der Waals surface area contributed by atoms with Crippen LogP contribution in [0.3, 0.4) is 0 Å². The number of aromatic nitrogens is 3. The summed E-state index contributed by atoms with van der Waals surface area (Å²) in [6.07, 6.45) is 3.80. The minimum absolute atomic E-state index is 0.0633. The number of carbonyl (C=O) groups excluding carboxylic acids is 2. The molecule has 35 heavy (non-hydrogen) atoms. The lowest BCUT2D eigenvalue weighted by molar-refractivity contribution is -0.132. The van der Waals surface area contributed by atoms with E-state index in [1.807, 2.05) is 24.0 Å². The number of piperidine rings is 1. The van der Waals surface area contributed by atoms with Crippen LogP contribution in [0.15, 0.2) is 60.7 Å². The Balaban J connectivity index is 1.10. The van der Waals surface area contributed by atoms with Crippen molar-refractivity contribution in [3.8, 4) is 0 Å². The fraction of sp³-hybridized carbons (Fsp3) is 0.429. The zero-order valence-electron chi connectivity index (χ0n) is 20.2. The summed E-state index contributed by atoms with van der Waals surface area (Å²) in [5, 5.41) is 10.1. The molecule has 1 saturated carbocycles. The first-order valence-corrected chi connectivity index (χ1v) is 12.6. The third-order valence-corrected chi connectivity index (χ3v) is 7.71. The first-order chi connectivity index (χ1) is 17.0. The van der Waals surface area contributed by atoms with Crippen LogP contribution in [0.25, 0.3) is 0 Å². The summed E-state index contributed by atoms with van der Waals surface area (Å²) < 4.78 is 0. The maximum absolute atomic E-state index is 13.0. The lowest BCUT2D eigenvalue weighted by Crippen LogP contribution is -2.41. The number of benzene rings is 2. The topological polar surface area (TPSA) is 91.0 Å². The van der Waals surface area contributed by atoms with Gasteiger partial charge >= 0.3 is 0 Å². The van der Waals surface area contributed by atoms with E-state index in [0.717, 1.165) is 31.5 Å². The van der Waals surface area contributed by atoms with Gasteiger partial charge in [-0.2, -0.15) is 5.10 Å². The first-order valence-electron chi connectivity index (χ1n) is 12.6. The molecule has 1 spiro atoms. The molecule has 182 valence electrons. The van der Waals surface area contributed by atoms with E-state index in [0.29, 0.717) is 25.5 Å². The van der Waals surface area contributed by atoms with Crippen LogP contribution in [0.5, 0.6) is 0 Å². The summed E-state index contributed by atoms with van der Waals surface area (Å²) in [4.78, 5) is 31.7. The van der Waals surface area contributed by atoms with Gasteiger partial charge in [-0.15, -0.1) is 0 Å². The molecule has 7 nitrogen and oxygen atoms in total. The Bertz CT molecular complexity index is 1110. The second kappa shape index (κ2) is 10.0. The molecule has 7 heteroatoms. The summed E-state index contributed by atoms with van der Waals surface area (Å²) in [5.41, 5.74) is 2.61. The number of aromatic amines is 1. The number of rotatable bonds is 8. The predicted molar refractivity (Wildman–Crippen MR) is 134 cm³/mol. The average molecular weight is 472 g/mol. The Hall–Kier alpha value is -3.48. The third kappa shape index (κ3) is 5.29. The molecule has 0 bridgehead atoms. The highest BCUT2D eigenvalue weighted by Crippen LogP contribution is 2.59. The molecule has 2 heterocycles. The summed E-state index contributed by atoms with van der Waals surface area (Å²) in [6, 6.07) is 21.0. The molecular formula is C28H33N5O2. The summed E-state index contributed by atoms with van der Waals surface area (Å²) in [5.74, 6) is 1.82. The number of H-pyrrole nitrogens is 1. The van der Waals surface area contributed by atoms with Gasteiger partial charge in [0.25, 0.3) is 0 Å². The third-order valence-electron chi connectivity index (χ3n) is 7.71. The number of hydrogen-bond acceptors (Lipinski definition) is 4. The molecule has 0 radical (unpaired) electrons. The molecule has 1 atom stereocenters. The fourth-order valence-corrected chi connectivity index (χ4v) is 5.55. The molecule has 3 aromatic rings. The minimum Gasteiger partial charge on any atom is -0.356 e. The molecule has 2 aliphatic rings. The van der Waals surface area contributed by atoms with Gasteiger partial charge in [0.1, 0.15) is 5.82 Å². The SMILES string of the molecule is Cc1nc(CC(=O)N2CCC3(CC2)CC3C(=O)NCCC(c2ccccc2)c2ccccc2)n[nH]1. The number of carbonyl (C=O) groups is 2. The highest BCUT2D eigenvalue weighted by atomic mass is 16.2. The first kappa shape index (κ1) is 23.3. The lowest BCUT2D eigenvalue weighted by atomic mass is 9.88. The Morgan fingerprint density at radius 1 is 1.06 bits per heavy atom. The minimum atomic E-state index is 0.0633. The van der Waals surface area contributed by atoms with Crippen molar-refractivity contribution in [2.24, 2.45) is 11.3 Å². The van der Waals surface area contributed by atoms with Crippen molar-refractivity contribution in [2.45, 2.75) is 44.9 Å². The normalized spacial score (nSPS) is 18.6. The summed E-state index contributed by atoms with van der Waals surface area (Å²) >= 11 is 0. The highest BCUT2D eigenvalue weighted by Gasteiger charge is 2.58. The summed E-state index contributed by atoms with van der Waals surface area (Å²) in [7, 11) is 0. The van der Waals surface area contributed by atoms with Crippen LogP contribution in [0, 0.1) is 18.3 Å². The van der Waals surface area contributed by atoms with E-state index in [-0.39, 0.29) is 35.5 Å². The molecule has 1 aromatic heterocycles. The van der Waals surface area contributed by atoms with Crippen molar-refractivity contribution in [1.29, 1.82) is 0 Å². The van der Waals surface area contributed by atoms with Crippen LogP contribution in [-0.2, 0) is 16.0 Å². The Labute approximate surface area is 206 Å². The molecule has 1 aliphatic carbocycles. The molecule has 2 fully saturated rings. The molecule has 2 N–H and O–H groups in total. The zero-order chi connectivity index (χ0) is 24.3. The average Bonchev–Trinajstić information content (AvgIpc) is 3.43. The van der Waals surface area contributed by atoms with E-state index in [1.165, 1.54) is 11.1 Å². The number of nitrogens with zero attached hydrogens (tertiary/aromatic N) is 3. The number of amides is 2. The zero-order valence-corrected chi connectivity index (χ0v) is 20.2. The summed E-state index contributed by atoms with van der Waals surface area (Å²) in [6.45, 7) is 3.89. The highest BCUT2D eigenvalue weighted by molar-refractivity contribution is 5.83. The van der Waals surface area contributed by atoms with Crippen molar-refractivity contribution < 1.29 is 9.59 Å². The van der Waals surface area contributed by atoms with E-state index in [9.17, 15) is 9.59 Å². The largest absolute Gasteiger partial charge is 0.356 e. The van der Waals surface area contributed by atoms with Gasteiger partial charge in [0, 0.05) is 31.5 Å². The maximum Gasteiger partial charge on any atom is 0.230 e. The molecule has 5 rings (SSSR count). The molecule has 2 aromatic carbocycles. The van der Waals surface area contributed by atoms with Gasteiger partial charge in [-0.25, -0.2) is 4.98 Å². The van der Waals surface area contributed by atoms with Gasteiger partial charge in [-0.05, 0) is 49.1 Å². The number of aryl methyl sites for hydroxylation is 1. The van der Waals surface area contributed by atoms with Crippen LogP contribution < -0.4 is 5.32 Å².